The summed E-state index contributed by atoms with van der Waals surface area (Å²) in [7, 11) is 0. The van der Waals surface area contributed by atoms with Crippen LogP contribution in [0, 0.1) is 12.7 Å². The van der Waals surface area contributed by atoms with Crippen LogP contribution in [0.3, 0.4) is 0 Å². The Labute approximate surface area is 116 Å². The van der Waals surface area contributed by atoms with E-state index in [2.05, 4.69) is 0 Å². The lowest BCUT2D eigenvalue weighted by Gasteiger charge is -2.06. The summed E-state index contributed by atoms with van der Waals surface area (Å²) in [4.78, 5) is 12.5. The van der Waals surface area contributed by atoms with E-state index in [1.54, 1.807) is 13.0 Å². The maximum atomic E-state index is 13.1. The van der Waals surface area contributed by atoms with Gasteiger partial charge in [0, 0.05) is 11.1 Å². The van der Waals surface area contributed by atoms with Crippen molar-refractivity contribution in [3.05, 3.63) is 83.2 Å². The first-order valence-corrected chi connectivity index (χ1v) is 6.45. The Morgan fingerprint density at radius 2 is 1.65 bits per heavy atom. The molecule has 0 saturated carbocycles. The molecule has 2 heteroatoms. The lowest BCUT2D eigenvalue weighted by molar-refractivity contribution is 0.103. The third-order valence-corrected chi connectivity index (χ3v) is 3.44. The molecule has 0 atom stereocenters. The fraction of sp³-hybridized carbons (Fsp3) is 0.0556. The molecule has 0 aliphatic carbocycles. The zero-order valence-corrected chi connectivity index (χ0v) is 11.1. The predicted octanol–water partition coefficient (Wildman–Crippen LogP) is 4.52. The number of hydrogen-bond donors (Lipinski definition) is 0. The Morgan fingerprint density at radius 3 is 2.40 bits per heavy atom. The number of carbonyl (C=O) groups excluding carboxylic acids is 1. The normalized spacial score (nSPS) is 10.7. The number of rotatable bonds is 2. The Kier molecular flexibility index (Phi) is 3.07. The van der Waals surface area contributed by atoms with E-state index < -0.39 is 0 Å². The molecule has 0 amide bonds. The second-order valence-corrected chi connectivity index (χ2v) is 4.85. The smallest absolute Gasteiger partial charge is 0.193 e. The van der Waals surface area contributed by atoms with Gasteiger partial charge in [-0.3, -0.25) is 4.79 Å². The Hall–Kier alpha value is -2.48. The number of halogens is 1. The second-order valence-electron chi connectivity index (χ2n) is 4.85. The van der Waals surface area contributed by atoms with Gasteiger partial charge in [0.1, 0.15) is 5.82 Å². The van der Waals surface area contributed by atoms with Crippen LogP contribution in [0.5, 0.6) is 0 Å². The lowest BCUT2D eigenvalue weighted by atomic mass is 9.97. The molecular weight excluding hydrogens is 251 g/mol. The average molecular weight is 264 g/mol. The average Bonchev–Trinajstić information content (AvgIpc) is 2.46. The molecule has 3 aromatic carbocycles. The Bertz CT molecular complexity index is 805. The largest absolute Gasteiger partial charge is 0.289 e. The van der Waals surface area contributed by atoms with Gasteiger partial charge in [-0.1, -0.05) is 36.4 Å². The van der Waals surface area contributed by atoms with Gasteiger partial charge < -0.3 is 0 Å². The summed E-state index contributed by atoms with van der Waals surface area (Å²) in [5, 5.41) is 2.12. The first-order chi connectivity index (χ1) is 9.65. The van der Waals surface area contributed by atoms with Crippen molar-refractivity contribution in [3.63, 3.8) is 0 Å². The minimum absolute atomic E-state index is 0.0757. The molecule has 0 aromatic heterocycles. The lowest BCUT2D eigenvalue weighted by Crippen LogP contribution is -2.04. The van der Waals surface area contributed by atoms with Crippen molar-refractivity contribution >= 4 is 16.6 Å². The van der Waals surface area contributed by atoms with Gasteiger partial charge in [-0.2, -0.15) is 0 Å². The summed E-state index contributed by atoms with van der Waals surface area (Å²) >= 11 is 0. The van der Waals surface area contributed by atoms with Gasteiger partial charge in [0.25, 0.3) is 0 Å². The van der Waals surface area contributed by atoms with Gasteiger partial charge in [0.2, 0.25) is 0 Å². The molecule has 0 N–H and O–H groups in total. The second kappa shape index (κ2) is 4.89. The molecule has 0 fully saturated rings. The Morgan fingerprint density at radius 1 is 0.900 bits per heavy atom. The molecule has 3 aromatic rings. The van der Waals surface area contributed by atoms with E-state index in [-0.39, 0.29) is 11.6 Å². The van der Waals surface area contributed by atoms with Crippen LogP contribution >= 0.6 is 0 Å². The molecule has 0 radical (unpaired) electrons. The third-order valence-electron chi connectivity index (χ3n) is 3.44. The van der Waals surface area contributed by atoms with E-state index in [4.69, 9.17) is 0 Å². The van der Waals surface area contributed by atoms with Crippen molar-refractivity contribution in [1.82, 2.24) is 0 Å². The van der Waals surface area contributed by atoms with Crippen molar-refractivity contribution in [2.24, 2.45) is 0 Å². The van der Waals surface area contributed by atoms with Crippen LogP contribution in [-0.2, 0) is 0 Å². The highest BCUT2D eigenvalue weighted by Gasteiger charge is 2.12. The van der Waals surface area contributed by atoms with Crippen LogP contribution in [0.15, 0.2) is 60.7 Å². The summed E-state index contributed by atoms with van der Waals surface area (Å²) in [6.07, 6.45) is 0. The number of carbonyl (C=O) groups is 1. The first-order valence-electron chi connectivity index (χ1n) is 6.45. The first kappa shape index (κ1) is 12.5. The molecule has 0 heterocycles. The molecule has 0 unspecified atom stereocenters. The molecule has 3 rings (SSSR count). The van der Waals surface area contributed by atoms with E-state index >= 15 is 0 Å². The van der Waals surface area contributed by atoms with Gasteiger partial charge in [0.05, 0.1) is 0 Å². The number of fused-ring (bicyclic) bond motifs is 1. The maximum Gasteiger partial charge on any atom is 0.193 e. The molecule has 98 valence electrons. The summed E-state index contributed by atoms with van der Waals surface area (Å²) in [6, 6.07) is 17.8. The molecule has 20 heavy (non-hydrogen) atoms. The molecule has 0 aliphatic heterocycles. The fourth-order valence-corrected chi connectivity index (χ4v) is 2.37. The van der Waals surface area contributed by atoms with E-state index in [9.17, 15) is 9.18 Å². The van der Waals surface area contributed by atoms with Crippen molar-refractivity contribution in [3.8, 4) is 0 Å². The standard InChI is InChI=1S/C18H13FO/c1-12-10-16(19)8-9-17(12)18(20)15-7-6-13-4-2-3-5-14(13)11-15/h2-11H,1H3. The minimum atomic E-state index is -0.322. The van der Waals surface area contributed by atoms with Crippen LogP contribution in [0.25, 0.3) is 10.8 Å². The number of hydrogen-bond acceptors (Lipinski definition) is 1. The Balaban J connectivity index is 2.08. The summed E-state index contributed by atoms with van der Waals surface area (Å²) in [5.74, 6) is -0.397. The van der Waals surface area contributed by atoms with Crippen molar-refractivity contribution in [2.45, 2.75) is 6.92 Å². The van der Waals surface area contributed by atoms with Crippen molar-refractivity contribution < 1.29 is 9.18 Å². The topological polar surface area (TPSA) is 17.1 Å². The van der Waals surface area contributed by atoms with E-state index in [1.165, 1.54) is 12.1 Å². The number of aryl methyl sites for hydroxylation is 1. The van der Waals surface area contributed by atoms with Crippen LogP contribution < -0.4 is 0 Å². The highest BCUT2D eigenvalue weighted by molar-refractivity contribution is 6.11. The van der Waals surface area contributed by atoms with Crippen molar-refractivity contribution in [2.75, 3.05) is 0 Å². The quantitative estimate of drug-likeness (QED) is 0.622. The molecule has 1 nitrogen and oxygen atoms in total. The zero-order chi connectivity index (χ0) is 14.1. The number of benzene rings is 3. The van der Waals surface area contributed by atoms with Gasteiger partial charge in [-0.25, -0.2) is 4.39 Å². The fourth-order valence-electron chi connectivity index (χ4n) is 2.37. The minimum Gasteiger partial charge on any atom is -0.289 e. The molecule has 0 saturated heterocycles. The highest BCUT2D eigenvalue weighted by Crippen LogP contribution is 2.20. The van der Waals surface area contributed by atoms with E-state index in [1.807, 2.05) is 42.5 Å². The molecule has 0 aliphatic rings. The maximum absolute atomic E-state index is 13.1. The van der Waals surface area contributed by atoms with E-state index in [0.29, 0.717) is 16.7 Å². The molecule has 0 spiro atoms. The van der Waals surface area contributed by atoms with Crippen LogP contribution in [0.4, 0.5) is 4.39 Å². The van der Waals surface area contributed by atoms with Crippen LogP contribution in [-0.4, -0.2) is 5.78 Å². The monoisotopic (exact) mass is 264 g/mol. The molecule has 0 bridgehead atoms. The van der Waals surface area contributed by atoms with Crippen LogP contribution in [0.2, 0.25) is 0 Å². The zero-order valence-electron chi connectivity index (χ0n) is 11.1. The highest BCUT2D eigenvalue weighted by atomic mass is 19.1. The van der Waals surface area contributed by atoms with Crippen molar-refractivity contribution in [1.29, 1.82) is 0 Å². The third kappa shape index (κ3) is 2.21. The van der Waals surface area contributed by atoms with Gasteiger partial charge in [-0.15, -0.1) is 0 Å². The summed E-state index contributed by atoms with van der Waals surface area (Å²) in [6.45, 7) is 1.75. The SMILES string of the molecule is Cc1cc(F)ccc1C(=O)c1ccc2ccccc2c1. The number of ketones is 1. The molecular formula is C18H13FO. The van der Waals surface area contributed by atoms with Gasteiger partial charge in [-0.05, 0) is 47.5 Å². The van der Waals surface area contributed by atoms with Crippen LogP contribution in [0.1, 0.15) is 21.5 Å². The van der Waals surface area contributed by atoms with Gasteiger partial charge >= 0.3 is 0 Å². The summed E-state index contributed by atoms with van der Waals surface area (Å²) < 4.78 is 13.1. The predicted molar refractivity (Wildman–Crippen MR) is 78.5 cm³/mol. The van der Waals surface area contributed by atoms with Gasteiger partial charge in [0.15, 0.2) is 5.78 Å². The summed E-state index contributed by atoms with van der Waals surface area (Å²) in [5.41, 5.74) is 1.82. The van der Waals surface area contributed by atoms with E-state index in [0.717, 1.165) is 10.8 Å².